The van der Waals surface area contributed by atoms with Gasteiger partial charge in [-0.1, -0.05) is 5.16 Å². The molecule has 31 heavy (non-hydrogen) atoms. The highest BCUT2D eigenvalue weighted by Crippen LogP contribution is 2.32. The van der Waals surface area contributed by atoms with Gasteiger partial charge in [0.1, 0.15) is 17.7 Å². The average molecular weight is 444 g/mol. The maximum atomic E-state index is 14.4. The number of piperidine rings is 1. The number of benzene rings is 1. The molecule has 1 N–H and O–H groups in total. The third-order valence-corrected chi connectivity index (χ3v) is 4.73. The fraction of sp³-hybridized carbons (Fsp3) is 0.522. The Labute approximate surface area is 203 Å². The lowest BCUT2D eigenvalue weighted by Gasteiger charge is -2.31. The van der Waals surface area contributed by atoms with Crippen molar-refractivity contribution in [1.82, 2.24) is 19.6 Å². The number of aryl methyl sites for hydroxylation is 1. The second-order valence-electron chi connectivity index (χ2n) is 6.75. The van der Waals surface area contributed by atoms with Crippen LogP contribution in [0.15, 0.2) is 27.4 Å². The molecule has 1 unspecified atom stereocenters. The fourth-order valence-electron chi connectivity index (χ4n) is 3.23. The maximum Gasteiger partial charge on any atom is 0.257 e. The first-order valence-electron chi connectivity index (χ1n) is 17.7. The van der Waals surface area contributed by atoms with E-state index in [-0.39, 0.29) is 19.4 Å². The van der Waals surface area contributed by atoms with Gasteiger partial charge >= 0.3 is 0 Å². The normalized spacial score (nSPS) is 39.1. The predicted octanol–water partition coefficient (Wildman–Crippen LogP) is 3.08. The molecule has 7 nitrogen and oxygen atoms in total. The van der Waals surface area contributed by atoms with Crippen molar-refractivity contribution in [3.8, 4) is 0 Å². The first kappa shape index (κ1) is 8.75. The number of halogens is 1. The van der Waals surface area contributed by atoms with Crippen LogP contribution in [0.1, 0.15) is 83.6 Å². The molecule has 1 aromatic carbocycles. The Morgan fingerprint density at radius 1 is 1.45 bits per heavy atom. The van der Waals surface area contributed by atoms with Gasteiger partial charge in [-0.3, -0.25) is 9.36 Å². The van der Waals surface area contributed by atoms with Crippen LogP contribution in [0.25, 0.3) is 11.0 Å². The minimum atomic E-state index is -4.24. The highest BCUT2D eigenvalue weighted by atomic mass is 19.1. The van der Waals surface area contributed by atoms with Crippen molar-refractivity contribution in [2.45, 2.75) is 57.4 Å². The molecule has 3 aromatic rings. The number of nitrogens with zero attached hydrogens (tertiary/aromatic N) is 4. The summed E-state index contributed by atoms with van der Waals surface area (Å²) in [7, 11) is 0. The summed E-state index contributed by atoms with van der Waals surface area (Å²) in [6.07, 6.45) is -14.7. The number of likely N-dealkylation sites (tertiary alicyclic amines) is 1. The Morgan fingerprint density at radius 3 is 3.06 bits per heavy atom. The Balaban J connectivity index is 1.78. The summed E-state index contributed by atoms with van der Waals surface area (Å²) in [5.74, 6) is -6.07. The van der Waals surface area contributed by atoms with Gasteiger partial charge in [0, 0.05) is 59.4 Å². The van der Waals surface area contributed by atoms with Crippen molar-refractivity contribution in [1.29, 1.82) is 0 Å². The van der Waals surface area contributed by atoms with Crippen LogP contribution in [0.3, 0.4) is 0 Å². The zero-order chi connectivity index (χ0) is 36.7. The van der Waals surface area contributed by atoms with Gasteiger partial charge in [-0.2, -0.15) is 0 Å². The van der Waals surface area contributed by atoms with Crippen molar-refractivity contribution >= 4 is 11.0 Å². The zero-order valence-corrected chi connectivity index (χ0v) is 16.1. The van der Waals surface area contributed by atoms with Crippen molar-refractivity contribution < 1.29 is 37.3 Å². The summed E-state index contributed by atoms with van der Waals surface area (Å²) in [5, 5.41) is 12.8. The smallest absolute Gasteiger partial charge is 0.257 e. The molecule has 1 atom stereocenters. The van der Waals surface area contributed by atoms with Gasteiger partial charge in [0.15, 0.2) is 5.58 Å². The lowest BCUT2D eigenvalue weighted by molar-refractivity contribution is 0.129. The SMILES string of the molecule is [2H]c1c(F)c([2H])c2onc(C3([2H])C([2H])([2H])C([2H])([2H])N(C([2H])([2H])C([2H])([2H])c4c(C)nc5n(c4=O)CCCC5([2H])O)C([2H])([2H])C3([2H])[2H])c2c1[2H]. The number of aromatic nitrogens is 3. The predicted molar refractivity (Wildman–Crippen MR) is 114 cm³/mol. The minimum Gasteiger partial charge on any atom is -0.385 e. The quantitative estimate of drug-likeness (QED) is 0.667. The lowest BCUT2D eigenvalue weighted by atomic mass is 9.91. The minimum absolute atomic E-state index is 0.0447. The van der Waals surface area contributed by atoms with Crippen LogP contribution in [0.5, 0.6) is 0 Å². The Bertz CT molecular complexity index is 1900. The third kappa shape index (κ3) is 3.78. The molecule has 2 aliphatic rings. The van der Waals surface area contributed by atoms with E-state index in [0.717, 1.165) is 6.92 Å². The second-order valence-corrected chi connectivity index (χ2v) is 6.75. The van der Waals surface area contributed by atoms with Crippen LogP contribution < -0.4 is 5.56 Å². The van der Waals surface area contributed by atoms with E-state index < -0.39 is 119 Å². The van der Waals surface area contributed by atoms with E-state index >= 15 is 0 Å². The molecule has 0 radical (unpaired) electrons. The highest BCUT2D eigenvalue weighted by molar-refractivity contribution is 5.79. The van der Waals surface area contributed by atoms with Gasteiger partial charge in [0.05, 0.1) is 11.2 Å². The standard InChI is InChI=1S/C23H27FN4O3/c1-14-17(23(30)28-9-2-3-19(29)22(28)25-14)8-12-27-10-6-15(7-11-27)21-18-5-4-16(24)13-20(18)31-26-21/h4-5,13,15,19,29H,2-3,6-12H2,1H3/i4D,5D,6D2,7D2,8D2,10D2,11D2,12D2,13D,15D,19D. The van der Waals surface area contributed by atoms with E-state index in [1.807, 2.05) is 0 Å². The monoisotopic (exact) mass is 443 g/mol. The van der Waals surface area contributed by atoms with Gasteiger partial charge in [-0.05, 0) is 64.0 Å². The number of rotatable bonds is 4. The van der Waals surface area contributed by atoms with E-state index in [4.69, 9.17) is 27.8 Å². The van der Waals surface area contributed by atoms with E-state index in [2.05, 4.69) is 10.1 Å². The molecule has 1 saturated heterocycles. The topological polar surface area (TPSA) is 84.4 Å². The molecule has 0 saturated carbocycles. The van der Waals surface area contributed by atoms with Gasteiger partial charge < -0.3 is 14.5 Å². The largest absolute Gasteiger partial charge is 0.385 e. The van der Waals surface area contributed by atoms with Crippen LogP contribution >= 0.6 is 0 Å². The van der Waals surface area contributed by atoms with Crippen molar-refractivity contribution in [2.24, 2.45) is 0 Å². The van der Waals surface area contributed by atoms with Gasteiger partial charge in [0.2, 0.25) is 0 Å². The Hall–Kier alpha value is -2.58. The molecule has 0 aliphatic carbocycles. The molecule has 8 heteroatoms. The molecule has 0 bridgehead atoms. The summed E-state index contributed by atoms with van der Waals surface area (Å²) in [4.78, 5) is 16.8. The molecule has 4 heterocycles. The van der Waals surface area contributed by atoms with Crippen molar-refractivity contribution in [3.63, 3.8) is 0 Å². The van der Waals surface area contributed by atoms with E-state index in [0.29, 0.717) is 4.57 Å². The molecular formula is C23H27FN4O3. The lowest BCUT2D eigenvalue weighted by Crippen LogP contribution is -2.37. The average Bonchev–Trinajstić information content (AvgIpc) is 3.39. The summed E-state index contributed by atoms with van der Waals surface area (Å²) in [6.45, 7) is -11.9. The molecule has 0 amide bonds. The Kier molecular flexibility index (Phi) is 2.30. The number of hydrogen-bond acceptors (Lipinski definition) is 6. The molecular weight excluding hydrogens is 399 g/mol. The van der Waals surface area contributed by atoms with Crippen LogP contribution in [-0.2, 0) is 12.9 Å². The number of fused-ring (bicyclic) bond motifs is 2. The van der Waals surface area contributed by atoms with Crippen LogP contribution in [0, 0.1) is 12.7 Å². The van der Waals surface area contributed by atoms with Gasteiger partial charge in [0.25, 0.3) is 5.56 Å². The van der Waals surface area contributed by atoms with Crippen molar-refractivity contribution in [3.05, 3.63) is 57.1 Å². The summed E-state index contributed by atoms with van der Waals surface area (Å²) in [6, 6.07) is -3.66. The van der Waals surface area contributed by atoms with Gasteiger partial charge in [-0.25, -0.2) is 9.37 Å². The first-order chi connectivity index (χ1) is 21.5. The molecule has 0 spiro atoms. The number of aliphatic hydroxyl groups is 1. The van der Waals surface area contributed by atoms with E-state index in [1.165, 1.54) is 0 Å². The zero-order valence-electron chi connectivity index (χ0n) is 33.1. The van der Waals surface area contributed by atoms with Crippen LogP contribution in [0.4, 0.5) is 4.39 Å². The fourth-order valence-corrected chi connectivity index (χ4v) is 3.23. The van der Waals surface area contributed by atoms with Crippen LogP contribution in [-0.4, -0.2) is 44.2 Å². The molecule has 5 rings (SSSR count). The van der Waals surface area contributed by atoms with Crippen LogP contribution in [0.2, 0.25) is 0 Å². The van der Waals surface area contributed by atoms with E-state index in [1.54, 1.807) is 0 Å². The third-order valence-electron chi connectivity index (χ3n) is 4.73. The molecule has 2 aliphatic heterocycles. The first-order valence-corrected chi connectivity index (χ1v) is 9.21. The van der Waals surface area contributed by atoms with Crippen molar-refractivity contribution in [2.75, 3.05) is 19.5 Å². The van der Waals surface area contributed by atoms with Gasteiger partial charge in [-0.15, -0.1) is 0 Å². The summed E-state index contributed by atoms with van der Waals surface area (Å²) >= 11 is 0. The van der Waals surface area contributed by atoms with E-state index in [9.17, 15) is 14.3 Å². The summed E-state index contributed by atoms with van der Waals surface area (Å²) in [5.41, 5.74) is -5.36. The second kappa shape index (κ2) is 8.16. The molecule has 1 fully saturated rings. The molecule has 164 valence electrons. The number of hydrogen-bond donors (Lipinski definition) is 1. The Morgan fingerprint density at radius 2 is 2.26 bits per heavy atom. The summed E-state index contributed by atoms with van der Waals surface area (Å²) < 4.78 is 166. The maximum absolute atomic E-state index is 14.4. The molecule has 2 aromatic heterocycles. The highest BCUT2D eigenvalue weighted by Gasteiger charge is 2.26.